The molecular formula is C32H41ClN2O5S. The number of aliphatic hydroxyl groups excluding tert-OH is 3. The zero-order valence-electron chi connectivity index (χ0n) is 23.4. The normalized spacial score (nSPS) is 21.9. The number of rotatable bonds is 14. The third-order valence-electron chi connectivity index (χ3n) is 7.79. The van der Waals surface area contributed by atoms with E-state index in [1.807, 2.05) is 43.4 Å². The second-order valence-electron chi connectivity index (χ2n) is 11.0. The molecule has 222 valence electrons. The molecule has 0 saturated heterocycles. The van der Waals surface area contributed by atoms with Crippen molar-refractivity contribution in [1.82, 2.24) is 10.3 Å². The Kier molecular flexibility index (Phi) is 11.5. The van der Waals surface area contributed by atoms with Crippen molar-refractivity contribution in [2.45, 2.75) is 76.6 Å². The number of aromatic hydroxyl groups is 1. The molecule has 0 radical (unpaired) electrons. The van der Waals surface area contributed by atoms with Crippen LogP contribution in [0.2, 0.25) is 5.02 Å². The van der Waals surface area contributed by atoms with E-state index in [0.29, 0.717) is 38.6 Å². The molecule has 1 fully saturated rings. The minimum Gasteiger partial charge on any atom is -0.508 e. The Bertz CT molecular complexity index is 1330. The van der Waals surface area contributed by atoms with Gasteiger partial charge in [-0.2, -0.15) is 0 Å². The predicted molar refractivity (Wildman–Crippen MR) is 165 cm³/mol. The van der Waals surface area contributed by atoms with Gasteiger partial charge in [0.1, 0.15) is 5.75 Å². The van der Waals surface area contributed by atoms with Gasteiger partial charge in [0.25, 0.3) is 0 Å². The van der Waals surface area contributed by atoms with Gasteiger partial charge in [0, 0.05) is 58.1 Å². The first kappa shape index (κ1) is 31.3. The Morgan fingerprint density at radius 3 is 2.80 bits per heavy atom. The second kappa shape index (κ2) is 15.0. The zero-order chi connectivity index (χ0) is 29.4. The minimum absolute atomic E-state index is 0.0163. The number of H-pyrrole nitrogens is 1. The van der Waals surface area contributed by atoms with Crippen molar-refractivity contribution in [1.29, 1.82) is 0 Å². The molecule has 1 aromatic carbocycles. The number of benzene rings is 1. The lowest BCUT2D eigenvalue weighted by Crippen LogP contribution is -2.25. The number of carbonyl (C=O) groups excluding carboxylic acids is 1. The van der Waals surface area contributed by atoms with E-state index in [4.69, 9.17) is 11.6 Å². The molecule has 0 spiro atoms. The van der Waals surface area contributed by atoms with Gasteiger partial charge in [-0.15, -0.1) is 11.3 Å². The monoisotopic (exact) mass is 600 g/mol. The highest BCUT2D eigenvalue weighted by molar-refractivity contribution is 7.12. The number of fused-ring (bicyclic) bond motifs is 1. The molecule has 1 amide bonds. The van der Waals surface area contributed by atoms with Crippen LogP contribution in [-0.4, -0.2) is 56.2 Å². The number of thiophene rings is 1. The van der Waals surface area contributed by atoms with Crippen LogP contribution in [0.1, 0.15) is 54.0 Å². The molecule has 1 saturated carbocycles. The van der Waals surface area contributed by atoms with Crippen LogP contribution in [0.15, 0.2) is 54.6 Å². The Balaban J connectivity index is 1.13. The summed E-state index contributed by atoms with van der Waals surface area (Å²) in [5.41, 5.74) is 1.97. The molecule has 7 nitrogen and oxygen atoms in total. The maximum absolute atomic E-state index is 12.2. The number of amides is 1. The van der Waals surface area contributed by atoms with Crippen molar-refractivity contribution in [2.24, 2.45) is 11.8 Å². The van der Waals surface area contributed by atoms with Gasteiger partial charge >= 0.3 is 0 Å². The largest absolute Gasteiger partial charge is 0.508 e. The average molecular weight is 601 g/mol. The van der Waals surface area contributed by atoms with E-state index in [-0.39, 0.29) is 23.5 Å². The number of phenols is 1. The van der Waals surface area contributed by atoms with E-state index >= 15 is 0 Å². The molecule has 4 rings (SSSR count). The summed E-state index contributed by atoms with van der Waals surface area (Å²) in [7, 11) is 0. The van der Waals surface area contributed by atoms with Crippen molar-refractivity contribution in [3.8, 4) is 5.75 Å². The Morgan fingerprint density at radius 1 is 1.20 bits per heavy atom. The number of allylic oxidation sites excluding steroid dienone is 2. The van der Waals surface area contributed by atoms with E-state index in [9.17, 15) is 25.2 Å². The van der Waals surface area contributed by atoms with Crippen molar-refractivity contribution in [3.63, 3.8) is 0 Å². The maximum Gasteiger partial charge on any atom is 0.220 e. The third-order valence-corrected chi connectivity index (χ3v) is 9.41. The summed E-state index contributed by atoms with van der Waals surface area (Å²) in [4.78, 5) is 17.7. The average Bonchev–Trinajstić information content (AvgIpc) is 3.56. The van der Waals surface area contributed by atoms with Crippen LogP contribution in [0.25, 0.3) is 10.9 Å². The summed E-state index contributed by atoms with van der Waals surface area (Å²) >= 11 is 7.77. The number of halogens is 1. The number of nitrogens with one attached hydrogen (secondary N) is 2. The number of aromatic nitrogens is 1. The maximum atomic E-state index is 12.2. The first-order chi connectivity index (χ1) is 19.7. The van der Waals surface area contributed by atoms with Gasteiger partial charge in [-0.1, -0.05) is 35.9 Å². The summed E-state index contributed by atoms with van der Waals surface area (Å²) in [6, 6.07) is 9.13. The van der Waals surface area contributed by atoms with Crippen molar-refractivity contribution in [2.75, 3.05) is 6.54 Å². The summed E-state index contributed by atoms with van der Waals surface area (Å²) in [5, 5.41) is 45.7. The lowest BCUT2D eigenvalue weighted by Gasteiger charge is -2.19. The molecule has 0 aliphatic heterocycles. The Labute approximate surface area is 250 Å². The number of aliphatic hydroxyl groups is 3. The minimum atomic E-state index is -0.634. The predicted octanol–water partition coefficient (Wildman–Crippen LogP) is 5.58. The van der Waals surface area contributed by atoms with Gasteiger partial charge < -0.3 is 30.7 Å². The first-order valence-electron chi connectivity index (χ1n) is 14.4. The molecular weight excluding hydrogens is 560 g/mol. The summed E-state index contributed by atoms with van der Waals surface area (Å²) in [6.07, 6.45) is 10.7. The Morgan fingerprint density at radius 2 is 2.02 bits per heavy atom. The van der Waals surface area contributed by atoms with E-state index in [1.54, 1.807) is 29.5 Å². The van der Waals surface area contributed by atoms with Crippen molar-refractivity contribution in [3.05, 3.63) is 75.1 Å². The van der Waals surface area contributed by atoms with Crippen LogP contribution in [0, 0.1) is 18.8 Å². The van der Waals surface area contributed by atoms with Gasteiger partial charge in [0.2, 0.25) is 5.91 Å². The van der Waals surface area contributed by atoms with Crippen LogP contribution in [0.3, 0.4) is 0 Å². The number of aromatic amines is 1. The number of phenolic OH excluding ortho intramolecular Hbond substituents is 1. The van der Waals surface area contributed by atoms with Crippen LogP contribution in [0.4, 0.5) is 0 Å². The highest BCUT2D eigenvalue weighted by Crippen LogP contribution is 2.36. The zero-order valence-corrected chi connectivity index (χ0v) is 25.0. The number of carbonyl (C=O) groups is 1. The molecule has 3 aromatic rings. The van der Waals surface area contributed by atoms with Crippen molar-refractivity contribution >= 4 is 39.7 Å². The van der Waals surface area contributed by atoms with Gasteiger partial charge in [0.15, 0.2) is 0 Å². The molecule has 1 aliphatic rings. The van der Waals surface area contributed by atoms with E-state index in [0.717, 1.165) is 50.6 Å². The summed E-state index contributed by atoms with van der Waals surface area (Å²) in [5.74, 6) is -0.0731. The standard InChI is InChI=1S/C32H41ClN2O5S/c1-20-28(33)18-25(41-20)11-8-23(36)9-12-27-26(30(38)19-31(27)39)6-4-2-3-5-7-32(40)34-15-14-22-16-21-17-24(37)10-13-29(21)35-22/h2,4,9-10,12-13,16-18,23,26-27,30-31,35-39H,3,5-8,11,14-15,19H2,1H3,(H,34,40)/t23-,26-,27+,30-,31+/m0/s1. The fourth-order valence-electron chi connectivity index (χ4n) is 5.48. The Hall–Kier alpha value is -2.62. The summed E-state index contributed by atoms with van der Waals surface area (Å²) in [6.45, 7) is 2.52. The van der Waals surface area contributed by atoms with Crippen molar-refractivity contribution < 1.29 is 25.2 Å². The van der Waals surface area contributed by atoms with Crippen LogP contribution >= 0.6 is 22.9 Å². The SMILES string of the molecule is Cc1sc(CC[C@H](O)C=C[C@@H]2[C@H](CC=CCCCC(=O)NCCc3cc4cc(O)ccc4[nH]3)[C@@H](O)C[C@H]2O)cc1Cl. The fourth-order valence-corrected chi connectivity index (χ4v) is 6.74. The third kappa shape index (κ3) is 9.18. The van der Waals surface area contributed by atoms with E-state index < -0.39 is 18.3 Å². The highest BCUT2D eigenvalue weighted by atomic mass is 35.5. The lowest BCUT2D eigenvalue weighted by atomic mass is 9.89. The van der Waals surface area contributed by atoms with E-state index in [2.05, 4.69) is 10.3 Å². The number of aryl methyl sites for hydroxylation is 2. The topological polar surface area (TPSA) is 126 Å². The second-order valence-corrected chi connectivity index (χ2v) is 12.7. The summed E-state index contributed by atoms with van der Waals surface area (Å²) < 4.78 is 0. The smallest absolute Gasteiger partial charge is 0.220 e. The molecule has 2 aromatic heterocycles. The molecule has 2 heterocycles. The number of unbranched alkanes of at least 4 members (excludes halogenated alkanes) is 1. The number of hydrogen-bond donors (Lipinski definition) is 6. The van der Waals surface area contributed by atoms with Gasteiger partial charge in [-0.3, -0.25) is 4.79 Å². The molecule has 0 bridgehead atoms. The quantitative estimate of drug-likeness (QED) is 0.106. The molecule has 41 heavy (non-hydrogen) atoms. The number of hydrogen-bond acceptors (Lipinski definition) is 6. The molecule has 0 unspecified atom stereocenters. The van der Waals surface area contributed by atoms with Crippen LogP contribution < -0.4 is 5.32 Å². The van der Waals surface area contributed by atoms with E-state index in [1.165, 1.54) is 0 Å². The van der Waals surface area contributed by atoms with Gasteiger partial charge in [-0.05, 0) is 75.3 Å². The lowest BCUT2D eigenvalue weighted by molar-refractivity contribution is -0.121. The first-order valence-corrected chi connectivity index (χ1v) is 15.6. The van der Waals surface area contributed by atoms with Crippen LogP contribution in [-0.2, 0) is 17.6 Å². The van der Waals surface area contributed by atoms with Gasteiger partial charge in [0.05, 0.1) is 23.3 Å². The fraction of sp³-hybridized carbons (Fsp3) is 0.469. The molecule has 9 heteroatoms. The van der Waals surface area contributed by atoms with Gasteiger partial charge in [-0.25, -0.2) is 0 Å². The molecule has 1 aliphatic carbocycles. The molecule has 6 N–H and O–H groups in total. The molecule has 5 atom stereocenters. The highest BCUT2D eigenvalue weighted by Gasteiger charge is 2.39. The van der Waals surface area contributed by atoms with Crippen LogP contribution in [0.5, 0.6) is 5.75 Å².